The number of amides is 3. The number of thioether (sulfide) groups is 1. The average Bonchev–Trinajstić information content (AvgIpc) is 3.28. The zero-order valence-electron chi connectivity index (χ0n) is 16.0. The molecule has 2 aromatic rings. The second-order valence-electron chi connectivity index (χ2n) is 6.50. The first-order valence-corrected chi connectivity index (χ1v) is 9.88. The third-order valence-corrected chi connectivity index (χ3v) is 6.30. The third kappa shape index (κ3) is 3.05. The van der Waals surface area contributed by atoms with Crippen LogP contribution in [0.2, 0.25) is 0 Å². The number of hydrogen-bond acceptors (Lipinski definition) is 6. The number of anilines is 1. The summed E-state index contributed by atoms with van der Waals surface area (Å²) in [5.74, 6) is 1.11. The molecule has 0 aliphatic carbocycles. The van der Waals surface area contributed by atoms with Crippen LogP contribution in [-0.4, -0.2) is 50.0 Å². The summed E-state index contributed by atoms with van der Waals surface area (Å²) in [4.78, 5) is 28.7. The minimum absolute atomic E-state index is 0.316. The molecular formula is C20H19FN2O5S. The van der Waals surface area contributed by atoms with Crippen LogP contribution in [0.5, 0.6) is 17.2 Å². The van der Waals surface area contributed by atoms with Crippen LogP contribution in [0.3, 0.4) is 0 Å². The number of halogens is 1. The molecule has 2 aliphatic heterocycles. The van der Waals surface area contributed by atoms with Gasteiger partial charge in [0, 0.05) is 5.75 Å². The van der Waals surface area contributed by atoms with Gasteiger partial charge < -0.3 is 14.2 Å². The van der Waals surface area contributed by atoms with E-state index in [9.17, 15) is 14.0 Å². The number of fused-ring (bicyclic) bond motifs is 1. The van der Waals surface area contributed by atoms with Gasteiger partial charge in [-0.3, -0.25) is 9.69 Å². The molecule has 7 nitrogen and oxygen atoms in total. The summed E-state index contributed by atoms with van der Waals surface area (Å²) in [5.41, 5.74) is 1.11. The van der Waals surface area contributed by atoms with Crippen molar-refractivity contribution in [1.82, 2.24) is 4.90 Å². The molecule has 2 atom stereocenters. The molecule has 2 aliphatic rings. The SMILES string of the molecule is COc1cc(C2SC[C@@H]3C(=O)N(c4ccc(F)cc4)C(=O)N23)cc(OC)c1OC. The predicted octanol–water partition coefficient (Wildman–Crippen LogP) is 3.43. The molecule has 0 N–H and O–H groups in total. The van der Waals surface area contributed by atoms with E-state index < -0.39 is 23.3 Å². The van der Waals surface area contributed by atoms with Crippen molar-refractivity contribution < 1.29 is 28.2 Å². The topological polar surface area (TPSA) is 68.3 Å². The molecule has 2 fully saturated rings. The number of ether oxygens (including phenoxy) is 3. The van der Waals surface area contributed by atoms with E-state index in [0.29, 0.717) is 28.7 Å². The molecule has 2 aromatic carbocycles. The second kappa shape index (κ2) is 7.47. The molecule has 2 saturated heterocycles. The Hall–Kier alpha value is -2.94. The van der Waals surface area contributed by atoms with Crippen LogP contribution in [0.4, 0.5) is 14.9 Å². The third-order valence-electron chi connectivity index (χ3n) is 4.98. The Morgan fingerprint density at radius 1 is 1.00 bits per heavy atom. The fourth-order valence-corrected chi connectivity index (χ4v) is 5.01. The molecule has 0 radical (unpaired) electrons. The number of methoxy groups -OCH3 is 3. The highest BCUT2D eigenvalue weighted by Crippen LogP contribution is 2.49. The van der Waals surface area contributed by atoms with E-state index in [0.717, 1.165) is 10.5 Å². The van der Waals surface area contributed by atoms with Gasteiger partial charge in [-0.1, -0.05) is 0 Å². The summed E-state index contributed by atoms with van der Waals surface area (Å²) in [7, 11) is 4.56. The fourth-order valence-electron chi connectivity index (χ4n) is 3.62. The van der Waals surface area contributed by atoms with E-state index >= 15 is 0 Å². The first-order valence-electron chi connectivity index (χ1n) is 8.83. The maximum atomic E-state index is 13.3. The first-order chi connectivity index (χ1) is 14.0. The van der Waals surface area contributed by atoms with Crippen LogP contribution in [0.15, 0.2) is 36.4 Å². The Labute approximate surface area is 171 Å². The molecule has 2 heterocycles. The number of carbonyl (C=O) groups excluding carboxylic acids is 2. The maximum absolute atomic E-state index is 13.3. The lowest BCUT2D eigenvalue weighted by Crippen LogP contribution is -2.33. The summed E-state index contributed by atoms with van der Waals surface area (Å²) in [6, 6.07) is 7.84. The minimum Gasteiger partial charge on any atom is -0.493 e. The number of benzene rings is 2. The summed E-state index contributed by atoms with van der Waals surface area (Å²) in [5, 5.41) is -0.393. The van der Waals surface area contributed by atoms with Gasteiger partial charge in [-0.2, -0.15) is 0 Å². The zero-order valence-corrected chi connectivity index (χ0v) is 16.9. The van der Waals surface area contributed by atoms with E-state index in [1.807, 2.05) is 0 Å². The Morgan fingerprint density at radius 2 is 1.62 bits per heavy atom. The Morgan fingerprint density at radius 3 is 2.17 bits per heavy atom. The number of rotatable bonds is 5. The smallest absolute Gasteiger partial charge is 0.333 e. The van der Waals surface area contributed by atoms with E-state index in [1.54, 1.807) is 17.0 Å². The maximum Gasteiger partial charge on any atom is 0.333 e. The molecule has 1 unspecified atom stereocenters. The second-order valence-corrected chi connectivity index (χ2v) is 7.61. The molecule has 3 amide bonds. The molecule has 9 heteroatoms. The van der Waals surface area contributed by atoms with E-state index in [4.69, 9.17) is 14.2 Å². The molecule has 29 heavy (non-hydrogen) atoms. The lowest BCUT2D eigenvalue weighted by atomic mass is 10.1. The normalized spacial score (nSPS) is 20.8. The van der Waals surface area contributed by atoms with Crippen LogP contribution in [0.1, 0.15) is 10.9 Å². The van der Waals surface area contributed by atoms with Crippen LogP contribution in [0.25, 0.3) is 0 Å². The van der Waals surface area contributed by atoms with Crippen molar-refractivity contribution in [1.29, 1.82) is 0 Å². The van der Waals surface area contributed by atoms with E-state index in [1.165, 1.54) is 57.4 Å². The van der Waals surface area contributed by atoms with Gasteiger partial charge in [0.25, 0.3) is 5.91 Å². The van der Waals surface area contributed by atoms with Gasteiger partial charge in [-0.15, -0.1) is 11.8 Å². The fraction of sp³-hybridized carbons (Fsp3) is 0.300. The quantitative estimate of drug-likeness (QED) is 0.693. The van der Waals surface area contributed by atoms with Crippen LogP contribution in [-0.2, 0) is 4.79 Å². The Bertz CT molecular complexity index is 943. The van der Waals surface area contributed by atoms with Gasteiger partial charge in [0.1, 0.15) is 17.2 Å². The highest BCUT2D eigenvalue weighted by molar-refractivity contribution is 7.99. The summed E-state index contributed by atoms with van der Waals surface area (Å²) in [6.07, 6.45) is 0. The van der Waals surface area contributed by atoms with Gasteiger partial charge in [0.15, 0.2) is 11.5 Å². The lowest BCUT2D eigenvalue weighted by Gasteiger charge is -2.24. The molecular weight excluding hydrogens is 399 g/mol. The first kappa shape index (κ1) is 19.4. The molecule has 0 spiro atoms. The highest BCUT2D eigenvalue weighted by atomic mass is 32.2. The number of carbonyl (C=O) groups is 2. The minimum atomic E-state index is -0.582. The van der Waals surface area contributed by atoms with Gasteiger partial charge in [-0.05, 0) is 42.0 Å². The molecule has 152 valence electrons. The molecule has 4 rings (SSSR count). The average molecular weight is 418 g/mol. The van der Waals surface area contributed by atoms with Gasteiger partial charge >= 0.3 is 6.03 Å². The van der Waals surface area contributed by atoms with Crippen LogP contribution >= 0.6 is 11.8 Å². The predicted molar refractivity (Wildman–Crippen MR) is 106 cm³/mol. The standard InChI is InChI=1S/C20H19FN2O5S/c1-26-15-8-11(9-16(27-2)17(15)28-3)19-23-14(10-29-19)18(24)22(20(23)25)13-6-4-12(21)5-7-13/h4-9,14,19H,10H2,1-3H3/t14-,19?/m1/s1. The number of hydrogen-bond donors (Lipinski definition) is 0. The van der Waals surface area contributed by atoms with Crippen molar-refractivity contribution in [3.63, 3.8) is 0 Å². The van der Waals surface area contributed by atoms with E-state index in [2.05, 4.69) is 0 Å². The summed E-state index contributed by atoms with van der Waals surface area (Å²) < 4.78 is 29.4. The zero-order chi connectivity index (χ0) is 20.7. The number of urea groups is 1. The lowest BCUT2D eigenvalue weighted by molar-refractivity contribution is -0.119. The van der Waals surface area contributed by atoms with Crippen molar-refractivity contribution in [2.75, 3.05) is 32.0 Å². The summed E-state index contributed by atoms with van der Waals surface area (Å²) in [6.45, 7) is 0. The Kier molecular flexibility index (Phi) is 4.99. The van der Waals surface area contributed by atoms with Gasteiger partial charge in [0.2, 0.25) is 5.75 Å². The monoisotopic (exact) mass is 418 g/mol. The number of imide groups is 1. The summed E-state index contributed by atoms with van der Waals surface area (Å²) >= 11 is 1.49. The Balaban J connectivity index is 1.71. The van der Waals surface area contributed by atoms with Crippen LogP contribution in [0, 0.1) is 5.82 Å². The van der Waals surface area contributed by atoms with Gasteiger partial charge in [0.05, 0.1) is 27.0 Å². The highest BCUT2D eigenvalue weighted by Gasteiger charge is 2.53. The van der Waals surface area contributed by atoms with Crippen LogP contribution < -0.4 is 19.1 Å². The largest absolute Gasteiger partial charge is 0.493 e. The number of nitrogens with zero attached hydrogens (tertiary/aromatic N) is 2. The van der Waals surface area contributed by atoms with Crippen molar-refractivity contribution in [3.8, 4) is 17.2 Å². The van der Waals surface area contributed by atoms with Gasteiger partial charge in [-0.25, -0.2) is 14.1 Å². The van der Waals surface area contributed by atoms with Crippen molar-refractivity contribution in [2.45, 2.75) is 11.4 Å². The van der Waals surface area contributed by atoms with Crippen molar-refractivity contribution in [2.24, 2.45) is 0 Å². The van der Waals surface area contributed by atoms with Crippen molar-refractivity contribution in [3.05, 3.63) is 47.8 Å². The van der Waals surface area contributed by atoms with E-state index in [-0.39, 0.29) is 5.91 Å². The molecule has 0 bridgehead atoms. The molecule has 0 saturated carbocycles. The van der Waals surface area contributed by atoms with Crippen molar-refractivity contribution >= 4 is 29.4 Å². The molecule has 0 aromatic heterocycles.